The van der Waals surface area contributed by atoms with Crippen LogP contribution in [0.2, 0.25) is 0 Å². The van der Waals surface area contributed by atoms with Gasteiger partial charge in [-0.1, -0.05) is 6.07 Å². The van der Waals surface area contributed by atoms with Crippen LogP contribution in [-0.2, 0) is 19.6 Å². The van der Waals surface area contributed by atoms with Crippen molar-refractivity contribution in [2.45, 2.75) is 23.8 Å². The van der Waals surface area contributed by atoms with Crippen LogP contribution in [0.1, 0.15) is 18.4 Å². The first kappa shape index (κ1) is 25.6. The number of hydrogen-bond donors (Lipinski definition) is 3. The Hall–Kier alpha value is -2.99. The van der Waals surface area contributed by atoms with Crippen LogP contribution in [0.3, 0.4) is 0 Å². The van der Waals surface area contributed by atoms with E-state index in [2.05, 4.69) is 15.4 Å². The van der Waals surface area contributed by atoms with Gasteiger partial charge in [-0.05, 0) is 73.1 Å². The smallest absolute Gasteiger partial charge is 0.250 e. The van der Waals surface area contributed by atoms with Gasteiger partial charge in [0.1, 0.15) is 0 Å². The Kier molecular flexibility index (Phi) is 8.99. The van der Waals surface area contributed by atoms with E-state index in [-0.39, 0.29) is 22.7 Å². The van der Waals surface area contributed by atoms with Crippen molar-refractivity contribution in [1.82, 2.24) is 10.0 Å². The molecule has 2 aromatic rings. The molecule has 182 valence electrons. The SMILES string of the molecule is COc1ccc(/C=C/C(=O)NC(=S)Nc2ccc(S(=O)(=O)NCC3CCCO3)cc2)cc1OC. The normalized spacial score (nSPS) is 15.8. The molecule has 1 saturated heterocycles. The Bertz CT molecular complexity index is 1140. The number of methoxy groups -OCH3 is 2. The molecule has 1 aliphatic rings. The highest BCUT2D eigenvalue weighted by Crippen LogP contribution is 2.28. The zero-order chi connectivity index (χ0) is 24.6. The van der Waals surface area contributed by atoms with E-state index >= 15 is 0 Å². The van der Waals surface area contributed by atoms with Gasteiger partial charge in [-0.15, -0.1) is 0 Å². The van der Waals surface area contributed by atoms with Crippen molar-refractivity contribution in [3.8, 4) is 11.5 Å². The van der Waals surface area contributed by atoms with Gasteiger partial charge in [0.15, 0.2) is 16.6 Å². The second-order valence-corrected chi connectivity index (χ2v) is 9.58. The summed E-state index contributed by atoms with van der Waals surface area (Å²) in [5, 5.41) is 5.47. The Morgan fingerprint density at radius 2 is 1.88 bits per heavy atom. The van der Waals surface area contributed by atoms with Gasteiger partial charge >= 0.3 is 0 Å². The third-order valence-electron chi connectivity index (χ3n) is 5.02. The average molecular weight is 506 g/mol. The third-order valence-corrected chi connectivity index (χ3v) is 6.66. The molecule has 1 aliphatic heterocycles. The number of hydrogen-bond acceptors (Lipinski definition) is 7. The van der Waals surface area contributed by atoms with E-state index in [1.54, 1.807) is 43.5 Å². The monoisotopic (exact) mass is 505 g/mol. The van der Waals surface area contributed by atoms with Crippen molar-refractivity contribution in [3.63, 3.8) is 0 Å². The van der Waals surface area contributed by atoms with E-state index in [0.29, 0.717) is 23.8 Å². The number of rotatable bonds is 9. The van der Waals surface area contributed by atoms with Gasteiger partial charge in [-0.2, -0.15) is 0 Å². The van der Waals surface area contributed by atoms with Gasteiger partial charge in [0.2, 0.25) is 15.9 Å². The Morgan fingerprint density at radius 3 is 2.53 bits per heavy atom. The number of sulfonamides is 1. The molecule has 34 heavy (non-hydrogen) atoms. The number of benzene rings is 2. The molecule has 9 nitrogen and oxygen atoms in total. The van der Waals surface area contributed by atoms with Crippen molar-refractivity contribution < 1.29 is 27.4 Å². The van der Waals surface area contributed by atoms with Crippen molar-refractivity contribution in [1.29, 1.82) is 0 Å². The highest BCUT2D eigenvalue weighted by molar-refractivity contribution is 7.89. The zero-order valence-electron chi connectivity index (χ0n) is 18.9. The molecule has 1 amide bonds. The fourth-order valence-corrected chi connectivity index (χ4v) is 4.54. The summed E-state index contributed by atoms with van der Waals surface area (Å²) in [7, 11) is -0.561. The summed E-state index contributed by atoms with van der Waals surface area (Å²) in [6, 6.07) is 11.3. The molecule has 1 fully saturated rings. The average Bonchev–Trinajstić information content (AvgIpc) is 3.35. The summed E-state index contributed by atoms with van der Waals surface area (Å²) in [5.74, 6) is 0.714. The van der Waals surface area contributed by atoms with Gasteiger partial charge in [-0.25, -0.2) is 13.1 Å². The van der Waals surface area contributed by atoms with Crippen LogP contribution < -0.4 is 24.8 Å². The number of carbonyl (C=O) groups is 1. The molecule has 2 aromatic carbocycles. The maximum Gasteiger partial charge on any atom is 0.250 e. The van der Waals surface area contributed by atoms with Crippen molar-refractivity contribution in [2.75, 3.05) is 32.7 Å². The topological polar surface area (TPSA) is 115 Å². The first-order valence-corrected chi connectivity index (χ1v) is 12.4. The second kappa shape index (κ2) is 11.9. The summed E-state index contributed by atoms with van der Waals surface area (Å²) in [4.78, 5) is 12.3. The first-order valence-electron chi connectivity index (χ1n) is 10.5. The van der Waals surface area contributed by atoms with E-state index in [1.165, 1.54) is 25.3 Å². The Labute approximate surface area is 204 Å². The van der Waals surface area contributed by atoms with Crippen LogP contribution >= 0.6 is 12.2 Å². The minimum Gasteiger partial charge on any atom is -0.493 e. The number of amides is 1. The summed E-state index contributed by atoms with van der Waals surface area (Å²) in [6.07, 6.45) is 4.65. The Morgan fingerprint density at radius 1 is 1.15 bits per heavy atom. The maximum atomic E-state index is 12.4. The summed E-state index contributed by atoms with van der Waals surface area (Å²) in [6.45, 7) is 0.907. The van der Waals surface area contributed by atoms with Crippen LogP contribution in [0.4, 0.5) is 5.69 Å². The van der Waals surface area contributed by atoms with E-state index in [4.69, 9.17) is 26.4 Å². The minimum atomic E-state index is -3.64. The molecule has 0 aromatic heterocycles. The predicted molar refractivity (Wildman–Crippen MR) is 134 cm³/mol. The largest absolute Gasteiger partial charge is 0.493 e. The lowest BCUT2D eigenvalue weighted by molar-refractivity contribution is -0.115. The predicted octanol–water partition coefficient (Wildman–Crippen LogP) is 2.69. The minimum absolute atomic E-state index is 0.0778. The highest BCUT2D eigenvalue weighted by Gasteiger charge is 2.20. The molecule has 0 spiro atoms. The van der Waals surface area contributed by atoms with Gasteiger partial charge in [0.25, 0.3) is 0 Å². The lowest BCUT2D eigenvalue weighted by Gasteiger charge is -2.12. The fourth-order valence-electron chi connectivity index (χ4n) is 3.25. The van der Waals surface area contributed by atoms with E-state index < -0.39 is 15.9 Å². The summed E-state index contributed by atoms with van der Waals surface area (Å²) >= 11 is 5.17. The standard InChI is InChI=1S/C23H27N3O6S2/c1-30-20-11-5-16(14-21(20)31-2)6-12-22(27)26-23(33)25-17-7-9-19(10-8-17)34(28,29)24-15-18-4-3-13-32-18/h5-12,14,18,24H,3-4,13,15H2,1-2H3,(H2,25,26,27,33)/b12-6+. The van der Waals surface area contributed by atoms with Crippen LogP contribution in [0.25, 0.3) is 6.08 Å². The van der Waals surface area contributed by atoms with Crippen LogP contribution in [0.15, 0.2) is 53.4 Å². The zero-order valence-corrected chi connectivity index (χ0v) is 20.5. The van der Waals surface area contributed by atoms with Crippen LogP contribution in [0, 0.1) is 0 Å². The molecule has 1 heterocycles. The molecule has 3 rings (SSSR count). The van der Waals surface area contributed by atoms with Crippen molar-refractivity contribution in [3.05, 3.63) is 54.1 Å². The molecular weight excluding hydrogens is 478 g/mol. The summed E-state index contributed by atoms with van der Waals surface area (Å²) in [5.41, 5.74) is 1.28. The molecule has 3 N–H and O–H groups in total. The third kappa shape index (κ3) is 7.26. The number of anilines is 1. The lowest BCUT2D eigenvalue weighted by atomic mass is 10.2. The summed E-state index contributed by atoms with van der Waals surface area (Å²) < 4.78 is 43.3. The van der Waals surface area contributed by atoms with Gasteiger partial charge in [0, 0.05) is 24.9 Å². The quantitative estimate of drug-likeness (QED) is 0.352. The second-order valence-electron chi connectivity index (χ2n) is 7.40. The Balaban J connectivity index is 1.51. The van der Waals surface area contributed by atoms with Crippen molar-refractivity contribution in [2.24, 2.45) is 0 Å². The van der Waals surface area contributed by atoms with Crippen molar-refractivity contribution >= 4 is 45.0 Å². The number of carbonyl (C=O) groups excluding carboxylic acids is 1. The molecule has 0 bridgehead atoms. The maximum absolute atomic E-state index is 12.4. The van der Waals surface area contributed by atoms with Crippen LogP contribution in [0.5, 0.6) is 11.5 Å². The first-order chi connectivity index (χ1) is 16.3. The van der Waals surface area contributed by atoms with E-state index in [0.717, 1.165) is 18.4 Å². The molecule has 0 radical (unpaired) electrons. The van der Waals surface area contributed by atoms with E-state index in [9.17, 15) is 13.2 Å². The number of thiocarbonyl (C=S) groups is 1. The van der Waals surface area contributed by atoms with Gasteiger partial charge in [-0.3, -0.25) is 10.1 Å². The molecule has 0 saturated carbocycles. The highest BCUT2D eigenvalue weighted by atomic mass is 32.2. The molecule has 1 atom stereocenters. The fraction of sp³-hybridized carbons (Fsp3) is 0.304. The molecule has 11 heteroatoms. The van der Waals surface area contributed by atoms with Crippen LogP contribution in [-0.4, -0.2) is 52.9 Å². The van der Waals surface area contributed by atoms with E-state index in [1.807, 2.05) is 0 Å². The molecular formula is C23H27N3O6S2. The lowest BCUT2D eigenvalue weighted by Crippen LogP contribution is -2.33. The van der Waals surface area contributed by atoms with Gasteiger partial charge < -0.3 is 19.5 Å². The molecule has 1 unspecified atom stereocenters. The molecule has 0 aliphatic carbocycles. The van der Waals surface area contributed by atoms with Gasteiger partial charge in [0.05, 0.1) is 25.2 Å². The number of ether oxygens (including phenoxy) is 3. The number of nitrogens with one attached hydrogen (secondary N) is 3.